The maximum Gasteiger partial charge on any atom is 0.305 e. The molecule has 0 aromatic heterocycles. The molecule has 0 aliphatic carbocycles. The average Bonchev–Trinajstić information content (AvgIpc) is 2.40. The van der Waals surface area contributed by atoms with E-state index in [2.05, 4.69) is 28.8 Å². The molecule has 1 fully saturated rings. The lowest BCUT2D eigenvalue weighted by Gasteiger charge is -2.36. The Labute approximate surface area is 117 Å². The molecule has 1 N–H and O–H groups in total. The van der Waals surface area contributed by atoms with Crippen LogP contribution in [0.5, 0.6) is 0 Å². The van der Waals surface area contributed by atoms with Crippen molar-refractivity contribution in [2.24, 2.45) is 5.92 Å². The number of esters is 1. The lowest BCUT2D eigenvalue weighted by Crippen LogP contribution is -2.46. The van der Waals surface area contributed by atoms with E-state index in [1.807, 2.05) is 0 Å². The Kier molecular flexibility index (Phi) is 8.07. The maximum absolute atomic E-state index is 11.1. The zero-order valence-corrected chi connectivity index (χ0v) is 12.8. The van der Waals surface area contributed by atoms with Gasteiger partial charge in [-0.3, -0.25) is 9.69 Å². The molecular formula is C15H30N2O2. The molecule has 1 atom stereocenters. The number of methoxy groups -OCH3 is 1. The van der Waals surface area contributed by atoms with E-state index in [1.54, 1.807) is 0 Å². The van der Waals surface area contributed by atoms with Gasteiger partial charge in [0.05, 0.1) is 7.11 Å². The second-order valence-corrected chi connectivity index (χ2v) is 5.92. The maximum atomic E-state index is 11.1. The van der Waals surface area contributed by atoms with Crippen LogP contribution in [0.25, 0.3) is 0 Å². The molecule has 1 rings (SSSR count). The van der Waals surface area contributed by atoms with Crippen LogP contribution < -0.4 is 5.32 Å². The molecule has 0 saturated carbocycles. The Balaban J connectivity index is 2.25. The fourth-order valence-electron chi connectivity index (χ4n) is 2.65. The van der Waals surface area contributed by atoms with Gasteiger partial charge in [-0.1, -0.05) is 20.3 Å². The first kappa shape index (κ1) is 16.4. The van der Waals surface area contributed by atoms with E-state index >= 15 is 0 Å². The van der Waals surface area contributed by atoms with E-state index in [1.165, 1.54) is 32.9 Å². The van der Waals surface area contributed by atoms with Crippen LogP contribution in [0.15, 0.2) is 0 Å². The molecule has 1 heterocycles. The Bertz CT molecular complexity index is 257. The highest BCUT2D eigenvalue weighted by molar-refractivity contribution is 5.69. The van der Waals surface area contributed by atoms with Crippen LogP contribution in [0.2, 0.25) is 0 Å². The van der Waals surface area contributed by atoms with Crippen LogP contribution in [-0.2, 0) is 9.53 Å². The van der Waals surface area contributed by atoms with Crippen LogP contribution in [0.1, 0.15) is 46.0 Å². The van der Waals surface area contributed by atoms with Crippen molar-refractivity contribution in [3.05, 3.63) is 0 Å². The molecule has 1 saturated heterocycles. The largest absolute Gasteiger partial charge is 0.469 e. The monoisotopic (exact) mass is 270 g/mol. The molecule has 0 aromatic rings. The Morgan fingerprint density at radius 2 is 2.21 bits per heavy atom. The number of carbonyl (C=O) groups is 1. The number of nitrogens with one attached hydrogen (secondary N) is 1. The number of likely N-dealkylation sites (tertiary alicyclic amines) is 1. The van der Waals surface area contributed by atoms with Crippen LogP contribution in [0.3, 0.4) is 0 Å². The number of piperidine rings is 1. The molecule has 0 aromatic carbocycles. The molecule has 112 valence electrons. The minimum atomic E-state index is -0.0912. The Hall–Kier alpha value is -0.610. The van der Waals surface area contributed by atoms with Crippen molar-refractivity contribution in [1.82, 2.24) is 10.2 Å². The second kappa shape index (κ2) is 9.32. The minimum Gasteiger partial charge on any atom is -0.469 e. The molecular weight excluding hydrogens is 240 g/mol. The van der Waals surface area contributed by atoms with Gasteiger partial charge in [0.25, 0.3) is 0 Å². The van der Waals surface area contributed by atoms with Gasteiger partial charge in [0, 0.05) is 19.0 Å². The molecule has 4 heteroatoms. The number of hydrogen-bond donors (Lipinski definition) is 1. The summed E-state index contributed by atoms with van der Waals surface area (Å²) in [5, 5.41) is 3.56. The molecule has 1 unspecified atom stereocenters. The molecule has 19 heavy (non-hydrogen) atoms. The quantitative estimate of drug-likeness (QED) is 0.685. The van der Waals surface area contributed by atoms with Gasteiger partial charge in [0.1, 0.15) is 0 Å². The van der Waals surface area contributed by atoms with Crippen molar-refractivity contribution < 1.29 is 9.53 Å². The summed E-state index contributed by atoms with van der Waals surface area (Å²) in [6.07, 6.45) is 5.36. The smallest absolute Gasteiger partial charge is 0.305 e. The summed E-state index contributed by atoms with van der Waals surface area (Å²) in [4.78, 5) is 13.7. The van der Waals surface area contributed by atoms with E-state index in [-0.39, 0.29) is 5.97 Å². The fourth-order valence-corrected chi connectivity index (χ4v) is 2.65. The van der Waals surface area contributed by atoms with E-state index in [0.717, 1.165) is 26.1 Å². The average molecular weight is 270 g/mol. The van der Waals surface area contributed by atoms with Crippen LogP contribution in [-0.4, -0.2) is 50.2 Å². The Morgan fingerprint density at radius 1 is 1.42 bits per heavy atom. The third kappa shape index (κ3) is 6.92. The highest BCUT2D eigenvalue weighted by Crippen LogP contribution is 2.17. The molecule has 0 bridgehead atoms. The first-order valence-electron chi connectivity index (χ1n) is 7.65. The first-order valence-corrected chi connectivity index (χ1v) is 7.65. The van der Waals surface area contributed by atoms with Gasteiger partial charge < -0.3 is 10.1 Å². The SMILES string of the molecule is COC(=O)CCCN1CCCCC1CNCC(C)C. The Morgan fingerprint density at radius 3 is 2.89 bits per heavy atom. The van der Waals surface area contributed by atoms with Crippen LogP contribution in [0, 0.1) is 5.92 Å². The van der Waals surface area contributed by atoms with Crippen LogP contribution in [0.4, 0.5) is 0 Å². The van der Waals surface area contributed by atoms with Gasteiger partial charge in [0.15, 0.2) is 0 Å². The highest BCUT2D eigenvalue weighted by Gasteiger charge is 2.21. The molecule has 4 nitrogen and oxygen atoms in total. The van der Waals surface area contributed by atoms with Gasteiger partial charge in [0.2, 0.25) is 0 Å². The normalized spacial score (nSPS) is 20.7. The van der Waals surface area contributed by atoms with E-state index < -0.39 is 0 Å². The van der Waals surface area contributed by atoms with Gasteiger partial charge in [-0.05, 0) is 44.8 Å². The molecule has 0 spiro atoms. The number of nitrogens with zero attached hydrogens (tertiary/aromatic N) is 1. The molecule has 1 aliphatic rings. The molecule has 0 radical (unpaired) electrons. The van der Waals surface area contributed by atoms with Gasteiger partial charge >= 0.3 is 5.97 Å². The van der Waals surface area contributed by atoms with Crippen molar-refractivity contribution in [3.8, 4) is 0 Å². The van der Waals surface area contributed by atoms with Crippen molar-refractivity contribution in [3.63, 3.8) is 0 Å². The van der Waals surface area contributed by atoms with E-state index in [4.69, 9.17) is 0 Å². The second-order valence-electron chi connectivity index (χ2n) is 5.92. The first-order chi connectivity index (χ1) is 9.13. The van der Waals surface area contributed by atoms with Crippen molar-refractivity contribution >= 4 is 5.97 Å². The number of rotatable bonds is 8. The van der Waals surface area contributed by atoms with E-state index in [9.17, 15) is 4.79 Å². The summed E-state index contributed by atoms with van der Waals surface area (Å²) < 4.78 is 4.69. The summed E-state index contributed by atoms with van der Waals surface area (Å²) in [5.74, 6) is 0.614. The molecule has 0 amide bonds. The zero-order valence-electron chi connectivity index (χ0n) is 12.8. The van der Waals surface area contributed by atoms with Crippen molar-refractivity contribution in [2.75, 3.05) is 33.3 Å². The third-order valence-corrected chi connectivity index (χ3v) is 3.74. The standard InChI is InChI=1S/C15H30N2O2/c1-13(2)11-16-12-14-7-4-5-9-17(14)10-6-8-15(18)19-3/h13-14,16H,4-12H2,1-3H3. The minimum absolute atomic E-state index is 0.0912. The predicted octanol–water partition coefficient (Wildman–Crippen LogP) is 2.04. The third-order valence-electron chi connectivity index (χ3n) is 3.74. The summed E-state index contributed by atoms with van der Waals surface area (Å²) in [6.45, 7) is 8.84. The van der Waals surface area contributed by atoms with Crippen molar-refractivity contribution in [1.29, 1.82) is 0 Å². The number of hydrogen-bond acceptors (Lipinski definition) is 4. The zero-order chi connectivity index (χ0) is 14.1. The summed E-state index contributed by atoms with van der Waals surface area (Å²) in [6, 6.07) is 0.644. The number of carbonyl (C=O) groups excluding carboxylic acids is 1. The summed E-state index contributed by atoms with van der Waals surface area (Å²) in [5.41, 5.74) is 0. The predicted molar refractivity (Wildman–Crippen MR) is 78.2 cm³/mol. The summed E-state index contributed by atoms with van der Waals surface area (Å²) >= 11 is 0. The highest BCUT2D eigenvalue weighted by atomic mass is 16.5. The van der Waals surface area contributed by atoms with Gasteiger partial charge in [-0.2, -0.15) is 0 Å². The topological polar surface area (TPSA) is 41.6 Å². The van der Waals surface area contributed by atoms with Crippen LogP contribution >= 0.6 is 0 Å². The van der Waals surface area contributed by atoms with Gasteiger partial charge in [-0.25, -0.2) is 0 Å². The number of ether oxygens (including phenoxy) is 1. The van der Waals surface area contributed by atoms with Crippen molar-refractivity contribution in [2.45, 2.75) is 52.0 Å². The van der Waals surface area contributed by atoms with E-state index in [0.29, 0.717) is 18.4 Å². The fraction of sp³-hybridized carbons (Fsp3) is 0.933. The lowest BCUT2D eigenvalue weighted by molar-refractivity contribution is -0.140. The lowest BCUT2D eigenvalue weighted by atomic mass is 10.0. The van der Waals surface area contributed by atoms with Gasteiger partial charge in [-0.15, -0.1) is 0 Å². The molecule has 1 aliphatic heterocycles. The summed E-state index contributed by atoms with van der Waals surface area (Å²) in [7, 11) is 1.46.